The third-order valence-corrected chi connectivity index (χ3v) is 4.87. The van der Waals surface area contributed by atoms with Crippen molar-refractivity contribution in [2.24, 2.45) is 0 Å². The Morgan fingerprint density at radius 3 is 2.38 bits per heavy atom. The number of nitrogens with zero attached hydrogens (tertiary/aromatic N) is 1. The average Bonchev–Trinajstić information content (AvgIpc) is 2.58. The van der Waals surface area contributed by atoms with Crippen LogP contribution in [-0.4, -0.2) is 19.0 Å². The van der Waals surface area contributed by atoms with Crippen molar-refractivity contribution in [2.75, 3.05) is 23.3 Å². The molecule has 0 saturated carbocycles. The molecule has 1 fully saturated rings. The van der Waals surface area contributed by atoms with Crippen LogP contribution < -0.4 is 10.2 Å². The van der Waals surface area contributed by atoms with Crippen molar-refractivity contribution in [1.82, 2.24) is 0 Å². The molecule has 1 amide bonds. The maximum atomic E-state index is 12.7. The van der Waals surface area contributed by atoms with Crippen LogP contribution >= 0.6 is 0 Å². The van der Waals surface area contributed by atoms with Gasteiger partial charge in [0.1, 0.15) is 0 Å². The Morgan fingerprint density at radius 2 is 1.67 bits per heavy atom. The van der Waals surface area contributed by atoms with Gasteiger partial charge in [-0.3, -0.25) is 4.79 Å². The van der Waals surface area contributed by atoms with Crippen molar-refractivity contribution in [3.05, 3.63) is 58.7 Å². The fraction of sp³-hybridized carbons (Fsp3) is 0.381. The zero-order valence-electron chi connectivity index (χ0n) is 14.9. The molecule has 126 valence electrons. The molecule has 3 rings (SSSR count). The van der Waals surface area contributed by atoms with Crippen molar-refractivity contribution in [3.63, 3.8) is 0 Å². The lowest BCUT2D eigenvalue weighted by atomic mass is 10.1. The Bertz CT molecular complexity index is 745. The van der Waals surface area contributed by atoms with Crippen LogP contribution in [0.5, 0.6) is 0 Å². The van der Waals surface area contributed by atoms with E-state index >= 15 is 0 Å². The van der Waals surface area contributed by atoms with Gasteiger partial charge in [0.05, 0.1) is 11.4 Å². The van der Waals surface area contributed by atoms with E-state index in [0.29, 0.717) is 5.56 Å². The van der Waals surface area contributed by atoms with Gasteiger partial charge in [-0.25, -0.2) is 0 Å². The summed E-state index contributed by atoms with van der Waals surface area (Å²) in [5.74, 6) is -0.0399. The highest BCUT2D eigenvalue weighted by atomic mass is 16.1. The zero-order chi connectivity index (χ0) is 17.1. The summed E-state index contributed by atoms with van der Waals surface area (Å²) in [6, 6.07) is 12.2. The third-order valence-electron chi connectivity index (χ3n) is 4.87. The Balaban J connectivity index is 1.86. The summed E-state index contributed by atoms with van der Waals surface area (Å²) < 4.78 is 0. The number of nitrogens with one attached hydrogen (secondary N) is 1. The summed E-state index contributed by atoms with van der Waals surface area (Å²) in [6.07, 6.45) is 3.74. The first-order valence-corrected chi connectivity index (χ1v) is 8.79. The molecule has 0 aromatic heterocycles. The number of carbonyl (C=O) groups is 1. The minimum absolute atomic E-state index is 0.0399. The number of aryl methyl sites for hydroxylation is 3. The van der Waals surface area contributed by atoms with E-state index < -0.39 is 0 Å². The minimum Gasteiger partial charge on any atom is -0.370 e. The standard InChI is InChI=1S/C21H26N2O/c1-15-7-10-20(23-11-5-4-6-12-23)19(13-15)22-21(24)18-9-8-16(2)17(3)14-18/h7-10,13-14H,4-6,11-12H2,1-3H3,(H,22,24). The van der Waals surface area contributed by atoms with E-state index in [1.54, 1.807) is 0 Å². The van der Waals surface area contributed by atoms with E-state index in [9.17, 15) is 4.79 Å². The van der Waals surface area contributed by atoms with Gasteiger partial charge in [0.15, 0.2) is 0 Å². The lowest BCUT2D eigenvalue weighted by Crippen LogP contribution is -2.30. The van der Waals surface area contributed by atoms with Gasteiger partial charge in [-0.15, -0.1) is 0 Å². The van der Waals surface area contributed by atoms with Gasteiger partial charge in [-0.05, 0) is 81.0 Å². The molecule has 3 heteroatoms. The molecule has 1 aliphatic rings. The molecule has 0 aliphatic carbocycles. The van der Waals surface area contributed by atoms with Crippen LogP contribution in [0, 0.1) is 20.8 Å². The molecule has 0 radical (unpaired) electrons. The lowest BCUT2D eigenvalue weighted by Gasteiger charge is -2.30. The molecule has 1 N–H and O–H groups in total. The number of benzene rings is 2. The molecule has 0 spiro atoms. The molecule has 3 nitrogen and oxygen atoms in total. The monoisotopic (exact) mass is 322 g/mol. The molecule has 24 heavy (non-hydrogen) atoms. The van der Waals surface area contributed by atoms with Crippen molar-refractivity contribution >= 4 is 17.3 Å². The molecular formula is C21H26N2O. The van der Waals surface area contributed by atoms with Crippen molar-refractivity contribution < 1.29 is 4.79 Å². The molecule has 0 unspecified atom stereocenters. The highest BCUT2D eigenvalue weighted by Gasteiger charge is 2.16. The number of anilines is 2. The van der Waals surface area contributed by atoms with E-state index in [4.69, 9.17) is 0 Å². The summed E-state index contributed by atoms with van der Waals surface area (Å²) >= 11 is 0. The minimum atomic E-state index is -0.0399. The Morgan fingerprint density at radius 1 is 0.917 bits per heavy atom. The van der Waals surface area contributed by atoms with Gasteiger partial charge >= 0.3 is 0 Å². The highest BCUT2D eigenvalue weighted by molar-refractivity contribution is 6.06. The topological polar surface area (TPSA) is 32.3 Å². The van der Waals surface area contributed by atoms with Crippen LogP contribution in [0.2, 0.25) is 0 Å². The first-order valence-electron chi connectivity index (χ1n) is 8.79. The smallest absolute Gasteiger partial charge is 0.255 e. The fourth-order valence-corrected chi connectivity index (χ4v) is 3.24. The third kappa shape index (κ3) is 3.61. The van der Waals surface area contributed by atoms with E-state index in [1.165, 1.54) is 24.8 Å². The highest BCUT2D eigenvalue weighted by Crippen LogP contribution is 2.30. The van der Waals surface area contributed by atoms with E-state index in [2.05, 4.69) is 42.3 Å². The predicted molar refractivity (Wildman–Crippen MR) is 101 cm³/mol. The summed E-state index contributed by atoms with van der Waals surface area (Å²) in [6.45, 7) is 8.29. The molecule has 1 heterocycles. The van der Waals surface area contributed by atoms with E-state index in [0.717, 1.165) is 35.6 Å². The van der Waals surface area contributed by atoms with Gasteiger partial charge < -0.3 is 10.2 Å². The number of carbonyl (C=O) groups excluding carboxylic acids is 1. The Hall–Kier alpha value is -2.29. The van der Waals surface area contributed by atoms with E-state index in [-0.39, 0.29) is 5.91 Å². The first kappa shape index (κ1) is 16.6. The molecular weight excluding hydrogens is 296 g/mol. The quantitative estimate of drug-likeness (QED) is 0.875. The first-order chi connectivity index (χ1) is 11.5. The maximum Gasteiger partial charge on any atom is 0.255 e. The largest absolute Gasteiger partial charge is 0.370 e. The lowest BCUT2D eigenvalue weighted by molar-refractivity contribution is 0.102. The van der Waals surface area contributed by atoms with Gasteiger partial charge in [-0.2, -0.15) is 0 Å². The molecule has 2 aromatic carbocycles. The summed E-state index contributed by atoms with van der Waals surface area (Å²) in [5, 5.41) is 3.13. The van der Waals surface area contributed by atoms with E-state index in [1.807, 2.05) is 25.1 Å². The SMILES string of the molecule is Cc1ccc(N2CCCCC2)c(NC(=O)c2ccc(C)c(C)c2)c1. The van der Waals surface area contributed by atoms with Gasteiger partial charge in [0.2, 0.25) is 0 Å². The van der Waals surface area contributed by atoms with Gasteiger partial charge in [0.25, 0.3) is 5.91 Å². The number of piperidine rings is 1. The van der Waals surface area contributed by atoms with Gasteiger partial charge in [-0.1, -0.05) is 12.1 Å². The molecule has 2 aromatic rings. The molecule has 0 atom stereocenters. The molecule has 0 bridgehead atoms. The van der Waals surface area contributed by atoms with Crippen molar-refractivity contribution in [2.45, 2.75) is 40.0 Å². The van der Waals surface area contributed by atoms with Crippen LogP contribution in [0.4, 0.5) is 11.4 Å². The number of hydrogen-bond donors (Lipinski definition) is 1. The zero-order valence-corrected chi connectivity index (χ0v) is 14.9. The molecule has 1 saturated heterocycles. The van der Waals surface area contributed by atoms with Crippen LogP contribution in [0.15, 0.2) is 36.4 Å². The number of hydrogen-bond acceptors (Lipinski definition) is 2. The Kier molecular flexibility index (Phi) is 4.89. The second-order valence-electron chi connectivity index (χ2n) is 6.82. The van der Waals surface area contributed by atoms with Crippen molar-refractivity contribution in [1.29, 1.82) is 0 Å². The number of rotatable bonds is 3. The van der Waals surface area contributed by atoms with Crippen LogP contribution in [0.25, 0.3) is 0 Å². The second kappa shape index (κ2) is 7.08. The van der Waals surface area contributed by atoms with Gasteiger partial charge in [0, 0.05) is 18.7 Å². The molecule has 1 aliphatic heterocycles. The summed E-state index contributed by atoms with van der Waals surface area (Å²) in [7, 11) is 0. The van der Waals surface area contributed by atoms with Crippen LogP contribution in [0.3, 0.4) is 0 Å². The van der Waals surface area contributed by atoms with Crippen LogP contribution in [0.1, 0.15) is 46.3 Å². The predicted octanol–water partition coefficient (Wildman–Crippen LogP) is 4.85. The maximum absolute atomic E-state index is 12.7. The van der Waals surface area contributed by atoms with Crippen molar-refractivity contribution in [3.8, 4) is 0 Å². The summed E-state index contributed by atoms with van der Waals surface area (Å²) in [4.78, 5) is 15.1. The number of amides is 1. The Labute approximate surface area is 144 Å². The second-order valence-corrected chi connectivity index (χ2v) is 6.82. The fourth-order valence-electron chi connectivity index (χ4n) is 3.24. The van der Waals surface area contributed by atoms with Crippen LogP contribution in [-0.2, 0) is 0 Å². The normalized spacial score (nSPS) is 14.5. The average molecular weight is 322 g/mol. The summed E-state index contributed by atoms with van der Waals surface area (Å²) in [5.41, 5.74) is 6.27.